The average Bonchev–Trinajstić information content (AvgIpc) is 2.32. The minimum atomic E-state index is 0.455. The maximum absolute atomic E-state index is 5.91. The van der Waals surface area contributed by atoms with E-state index in [0.717, 1.165) is 23.5 Å². The molecule has 1 aliphatic carbocycles. The van der Waals surface area contributed by atoms with Crippen LogP contribution in [0.25, 0.3) is 0 Å². The van der Waals surface area contributed by atoms with E-state index in [2.05, 4.69) is 45.5 Å². The van der Waals surface area contributed by atoms with E-state index < -0.39 is 0 Å². The van der Waals surface area contributed by atoms with Crippen LogP contribution >= 0.6 is 15.9 Å². The molecule has 0 aromatic heterocycles. The summed E-state index contributed by atoms with van der Waals surface area (Å²) in [6, 6.07) is 8.93. The van der Waals surface area contributed by atoms with Crippen LogP contribution in [0.3, 0.4) is 0 Å². The molecule has 0 bridgehead atoms. The molecule has 17 heavy (non-hydrogen) atoms. The zero-order chi connectivity index (χ0) is 12.1. The quantitative estimate of drug-likeness (QED) is 0.896. The topological polar surface area (TPSA) is 38.0 Å². The van der Waals surface area contributed by atoms with E-state index in [4.69, 9.17) is 5.73 Å². The lowest BCUT2D eigenvalue weighted by molar-refractivity contribution is 0.314. The number of nitrogens with one attached hydrogen (secondary N) is 1. The zero-order valence-corrected chi connectivity index (χ0v) is 11.7. The van der Waals surface area contributed by atoms with Crippen LogP contribution in [0.1, 0.15) is 31.2 Å². The molecule has 3 heteroatoms. The van der Waals surface area contributed by atoms with E-state index in [1.807, 2.05) is 0 Å². The second kappa shape index (κ2) is 6.53. The van der Waals surface area contributed by atoms with E-state index >= 15 is 0 Å². The first-order valence-electron chi connectivity index (χ1n) is 6.45. The molecule has 2 nitrogen and oxygen atoms in total. The lowest BCUT2D eigenvalue weighted by Gasteiger charge is -2.26. The van der Waals surface area contributed by atoms with Crippen molar-refractivity contribution in [3.8, 4) is 0 Å². The molecule has 3 N–H and O–H groups in total. The summed E-state index contributed by atoms with van der Waals surface area (Å²) in [6.07, 6.45) is 4.96. The molecular weight excluding hydrogens is 276 g/mol. The molecule has 0 saturated heterocycles. The summed E-state index contributed by atoms with van der Waals surface area (Å²) in [6.45, 7) is 2.08. The minimum absolute atomic E-state index is 0.455. The van der Waals surface area contributed by atoms with Crippen molar-refractivity contribution in [2.45, 2.75) is 38.3 Å². The third-order valence-electron chi connectivity index (χ3n) is 3.54. The van der Waals surface area contributed by atoms with Gasteiger partial charge in [0.25, 0.3) is 0 Å². The highest BCUT2D eigenvalue weighted by molar-refractivity contribution is 9.10. The molecule has 1 aliphatic rings. The molecular formula is C14H21BrN2. The van der Waals surface area contributed by atoms with Crippen molar-refractivity contribution < 1.29 is 0 Å². The molecule has 94 valence electrons. The Kier molecular flexibility index (Phi) is 5.01. The van der Waals surface area contributed by atoms with Gasteiger partial charge in [0.05, 0.1) is 0 Å². The Morgan fingerprint density at radius 3 is 2.71 bits per heavy atom. The third-order valence-corrected chi connectivity index (χ3v) is 4.04. The summed E-state index contributed by atoms with van der Waals surface area (Å²) < 4.78 is 1.15. The van der Waals surface area contributed by atoms with Crippen LogP contribution in [0, 0.1) is 5.92 Å². The Hall–Kier alpha value is -0.380. The van der Waals surface area contributed by atoms with Gasteiger partial charge in [0, 0.05) is 17.1 Å². The fourth-order valence-electron chi connectivity index (χ4n) is 2.46. The standard InChI is InChI=1S/C14H21BrN2/c15-13-3-1-2-12(8-13)10-17-9-11-4-6-14(16)7-5-11/h1-3,8,11,14,17H,4-7,9-10,16H2. The maximum atomic E-state index is 5.91. The molecule has 0 heterocycles. The number of rotatable bonds is 4. The summed E-state index contributed by atoms with van der Waals surface area (Å²) in [7, 11) is 0. The fourth-order valence-corrected chi connectivity index (χ4v) is 2.91. The van der Waals surface area contributed by atoms with Gasteiger partial charge in [-0.15, -0.1) is 0 Å². The van der Waals surface area contributed by atoms with Crippen LogP contribution in [0.5, 0.6) is 0 Å². The molecule has 0 unspecified atom stereocenters. The van der Waals surface area contributed by atoms with Gasteiger partial charge in [-0.05, 0) is 55.8 Å². The van der Waals surface area contributed by atoms with Gasteiger partial charge in [0.15, 0.2) is 0 Å². The van der Waals surface area contributed by atoms with Gasteiger partial charge in [-0.2, -0.15) is 0 Å². The number of benzene rings is 1. The molecule has 1 aromatic rings. The van der Waals surface area contributed by atoms with E-state index in [-0.39, 0.29) is 0 Å². The van der Waals surface area contributed by atoms with Crippen LogP contribution in [0.2, 0.25) is 0 Å². The third kappa shape index (κ3) is 4.41. The van der Waals surface area contributed by atoms with Crippen molar-refractivity contribution in [1.29, 1.82) is 0 Å². The Morgan fingerprint density at radius 2 is 2.00 bits per heavy atom. The average molecular weight is 297 g/mol. The van der Waals surface area contributed by atoms with Crippen molar-refractivity contribution in [3.05, 3.63) is 34.3 Å². The van der Waals surface area contributed by atoms with Gasteiger partial charge in [0.2, 0.25) is 0 Å². The van der Waals surface area contributed by atoms with Crippen LogP contribution in [0.15, 0.2) is 28.7 Å². The number of hydrogen-bond donors (Lipinski definition) is 2. The van der Waals surface area contributed by atoms with Gasteiger partial charge in [-0.1, -0.05) is 28.1 Å². The largest absolute Gasteiger partial charge is 0.328 e. The maximum Gasteiger partial charge on any atom is 0.0206 e. The second-order valence-corrected chi connectivity index (χ2v) is 5.96. The SMILES string of the molecule is NC1CCC(CNCc2cccc(Br)c2)CC1. The zero-order valence-electron chi connectivity index (χ0n) is 10.2. The predicted octanol–water partition coefficient (Wildman–Crippen LogP) is 3.06. The van der Waals surface area contributed by atoms with Crippen molar-refractivity contribution in [2.24, 2.45) is 11.7 Å². The normalized spacial score (nSPS) is 24.8. The van der Waals surface area contributed by atoms with E-state index in [1.54, 1.807) is 0 Å². The van der Waals surface area contributed by atoms with Crippen LogP contribution < -0.4 is 11.1 Å². The summed E-state index contributed by atoms with van der Waals surface area (Å²) in [5, 5.41) is 3.55. The van der Waals surface area contributed by atoms with Gasteiger partial charge in [-0.3, -0.25) is 0 Å². The predicted molar refractivity (Wildman–Crippen MR) is 75.8 cm³/mol. The van der Waals surface area contributed by atoms with Crippen molar-refractivity contribution >= 4 is 15.9 Å². The Balaban J connectivity index is 1.69. The smallest absolute Gasteiger partial charge is 0.0206 e. The molecule has 0 spiro atoms. The van der Waals surface area contributed by atoms with Gasteiger partial charge < -0.3 is 11.1 Å². The Labute approximate surface area is 112 Å². The summed E-state index contributed by atoms with van der Waals surface area (Å²) in [5.74, 6) is 0.821. The van der Waals surface area contributed by atoms with Gasteiger partial charge >= 0.3 is 0 Å². The summed E-state index contributed by atoms with van der Waals surface area (Å²) in [4.78, 5) is 0. The number of halogens is 1. The summed E-state index contributed by atoms with van der Waals surface area (Å²) in [5.41, 5.74) is 7.25. The fraction of sp³-hybridized carbons (Fsp3) is 0.571. The van der Waals surface area contributed by atoms with Crippen molar-refractivity contribution in [1.82, 2.24) is 5.32 Å². The molecule has 2 rings (SSSR count). The lowest BCUT2D eigenvalue weighted by atomic mass is 9.86. The highest BCUT2D eigenvalue weighted by atomic mass is 79.9. The van der Waals surface area contributed by atoms with E-state index in [0.29, 0.717) is 6.04 Å². The molecule has 0 radical (unpaired) electrons. The molecule has 1 saturated carbocycles. The summed E-state index contributed by atoms with van der Waals surface area (Å²) >= 11 is 3.50. The van der Waals surface area contributed by atoms with Gasteiger partial charge in [-0.25, -0.2) is 0 Å². The number of nitrogens with two attached hydrogens (primary N) is 1. The van der Waals surface area contributed by atoms with Crippen LogP contribution in [-0.4, -0.2) is 12.6 Å². The minimum Gasteiger partial charge on any atom is -0.328 e. The first-order valence-corrected chi connectivity index (χ1v) is 7.24. The Morgan fingerprint density at radius 1 is 1.24 bits per heavy atom. The monoisotopic (exact) mass is 296 g/mol. The highest BCUT2D eigenvalue weighted by Crippen LogP contribution is 2.22. The van der Waals surface area contributed by atoms with Gasteiger partial charge in [0.1, 0.15) is 0 Å². The second-order valence-electron chi connectivity index (χ2n) is 5.04. The molecule has 1 aromatic carbocycles. The van der Waals surface area contributed by atoms with Crippen molar-refractivity contribution in [3.63, 3.8) is 0 Å². The van der Waals surface area contributed by atoms with Crippen LogP contribution in [-0.2, 0) is 6.54 Å². The Bertz CT molecular complexity index is 346. The molecule has 1 fully saturated rings. The molecule has 0 atom stereocenters. The van der Waals surface area contributed by atoms with Crippen LogP contribution in [0.4, 0.5) is 0 Å². The first-order chi connectivity index (χ1) is 8.24. The van der Waals surface area contributed by atoms with E-state index in [1.165, 1.54) is 31.2 Å². The van der Waals surface area contributed by atoms with Crippen molar-refractivity contribution in [2.75, 3.05) is 6.54 Å². The lowest BCUT2D eigenvalue weighted by Crippen LogP contribution is -2.31. The molecule has 0 amide bonds. The van der Waals surface area contributed by atoms with E-state index in [9.17, 15) is 0 Å². The molecule has 0 aliphatic heterocycles. The number of hydrogen-bond acceptors (Lipinski definition) is 2. The first kappa shape index (κ1) is 13.1. The highest BCUT2D eigenvalue weighted by Gasteiger charge is 2.17.